The van der Waals surface area contributed by atoms with Crippen molar-refractivity contribution in [3.05, 3.63) is 29.3 Å². The Morgan fingerprint density at radius 1 is 1.22 bits per heavy atom. The summed E-state index contributed by atoms with van der Waals surface area (Å²) in [5.41, 5.74) is 1.24. The molecule has 27 heavy (non-hydrogen) atoms. The molecule has 0 radical (unpaired) electrons. The first-order chi connectivity index (χ1) is 12.8. The van der Waals surface area contributed by atoms with Crippen LogP contribution in [0.4, 0.5) is 4.79 Å². The van der Waals surface area contributed by atoms with Crippen LogP contribution >= 0.6 is 0 Å². The van der Waals surface area contributed by atoms with Gasteiger partial charge >= 0.3 is 6.03 Å². The normalized spacial score (nSPS) is 20.7. The van der Waals surface area contributed by atoms with Gasteiger partial charge in [-0.1, -0.05) is 50.3 Å². The number of aryl methyl sites for hydroxylation is 2. The molecule has 0 aliphatic carbocycles. The van der Waals surface area contributed by atoms with Crippen molar-refractivity contribution >= 4 is 11.9 Å². The van der Waals surface area contributed by atoms with E-state index in [1.54, 1.807) is 6.92 Å². The summed E-state index contributed by atoms with van der Waals surface area (Å²) in [5.74, 6) is 0.423. The summed E-state index contributed by atoms with van der Waals surface area (Å²) < 4.78 is 5.66. The molecule has 1 heterocycles. The van der Waals surface area contributed by atoms with Crippen LogP contribution in [0.2, 0.25) is 0 Å². The van der Waals surface area contributed by atoms with Crippen LogP contribution in [0.5, 0.6) is 5.75 Å². The van der Waals surface area contributed by atoms with E-state index in [2.05, 4.69) is 12.2 Å². The third kappa shape index (κ3) is 5.45. The summed E-state index contributed by atoms with van der Waals surface area (Å²) in [7, 11) is 0. The Labute approximate surface area is 161 Å². The maximum atomic E-state index is 12.7. The highest BCUT2D eigenvalue weighted by Gasteiger charge is 2.47. The first-order valence-corrected chi connectivity index (χ1v) is 9.79. The lowest BCUT2D eigenvalue weighted by atomic mass is 9.94. The number of nitrogens with one attached hydrogen (secondary N) is 1. The van der Waals surface area contributed by atoms with Crippen LogP contribution < -0.4 is 10.1 Å². The lowest BCUT2D eigenvalue weighted by Crippen LogP contribution is -2.45. The number of aliphatic hydroxyl groups is 1. The van der Waals surface area contributed by atoms with Gasteiger partial charge in [-0.15, -0.1) is 0 Å². The number of aliphatic hydroxyl groups excluding tert-OH is 1. The molecule has 0 bridgehead atoms. The first kappa shape index (κ1) is 21.2. The summed E-state index contributed by atoms with van der Waals surface area (Å²) in [6.45, 7) is 7.79. The molecule has 0 aromatic heterocycles. The van der Waals surface area contributed by atoms with Crippen LogP contribution in [0.3, 0.4) is 0 Å². The topological polar surface area (TPSA) is 78.9 Å². The van der Waals surface area contributed by atoms with Gasteiger partial charge in [-0.25, -0.2) is 4.79 Å². The van der Waals surface area contributed by atoms with Crippen LogP contribution in [0.1, 0.15) is 57.1 Å². The number of carbonyl (C=O) groups is 2. The molecule has 3 amide bonds. The second-order valence-corrected chi connectivity index (χ2v) is 7.72. The van der Waals surface area contributed by atoms with Gasteiger partial charge in [-0.3, -0.25) is 9.69 Å². The van der Waals surface area contributed by atoms with Gasteiger partial charge in [0.05, 0.1) is 6.54 Å². The molecule has 6 nitrogen and oxygen atoms in total. The van der Waals surface area contributed by atoms with Crippen molar-refractivity contribution in [3.63, 3.8) is 0 Å². The molecule has 0 spiro atoms. The van der Waals surface area contributed by atoms with Crippen LogP contribution in [-0.2, 0) is 4.79 Å². The lowest BCUT2D eigenvalue weighted by Gasteiger charge is -2.22. The van der Waals surface area contributed by atoms with Crippen LogP contribution in [0.15, 0.2) is 18.2 Å². The minimum Gasteiger partial charge on any atom is -0.491 e. The molecule has 2 unspecified atom stereocenters. The van der Waals surface area contributed by atoms with E-state index in [9.17, 15) is 14.7 Å². The van der Waals surface area contributed by atoms with Gasteiger partial charge in [0, 0.05) is 0 Å². The number of hydrogen-bond acceptors (Lipinski definition) is 4. The van der Waals surface area contributed by atoms with Crippen LogP contribution in [0, 0.1) is 13.8 Å². The zero-order chi connectivity index (χ0) is 20.0. The highest BCUT2D eigenvalue weighted by molar-refractivity contribution is 6.06. The molecule has 150 valence electrons. The molecule has 1 aliphatic rings. The largest absolute Gasteiger partial charge is 0.491 e. The molecule has 1 fully saturated rings. The van der Waals surface area contributed by atoms with Crippen molar-refractivity contribution in [1.29, 1.82) is 0 Å². The monoisotopic (exact) mass is 376 g/mol. The minimum atomic E-state index is -0.942. The van der Waals surface area contributed by atoms with E-state index in [0.29, 0.717) is 12.2 Å². The Bertz CT molecular complexity index is 676. The molecule has 1 aromatic carbocycles. The fourth-order valence-electron chi connectivity index (χ4n) is 3.40. The van der Waals surface area contributed by atoms with Gasteiger partial charge in [-0.2, -0.15) is 0 Å². The molecule has 1 aromatic rings. The Hall–Kier alpha value is -2.08. The Morgan fingerprint density at radius 3 is 2.63 bits per heavy atom. The van der Waals surface area contributed by atoms with E-state index in [4.69, 9.17) is 4.74 Å². The molecule has 2 rings (SSSR count). The standard InChI is InChI=1S/C21H32N2O4/c1-5-6-7-8-11-21(4)19(25)23(20(26)22-21)13-17(24)14-27-18-10-9-15(2)12-16(18)3/h9-10,12,17,24H,5-8,11,13-14H2,1-4H3,(H,22,26). The van der Waals surface area contributed by atoms with E-state index in [1.165, 1.54) is 0 Å². The van der Waals surface area contributed by atoms with Crippen molar-refractivity contribution in [1.82, 2.24) is 10.2 Å². The number of hydrogen-bond donors (Lipinski definition) is 2. The summed E-state index contributed by atoms with van der Waals surface area (Å²) in [6.07, 6.45) is 3.85. The predicted octanol–water partition coefficient (Wildman–Crippen LogP) is 3.32. The average molecular weight is 376 g/mol. The van der Waals surface area contributed by atoms with Gasteiger partial charge < -0.3 is 15.2 Å². The van der Waals surface area contributed by atoms with E-state index in [-0.39, 0.29) is 19.1 Å². The van der Waals surface area contributed by atoms with Crippen LogP contribution in [-0.4, -0.2) is 46.7 Å². The van der Waals surface area contributed by atoms with Crippen molar-refractivity contribution in [3.8, 4) is 5.75 Å². The molecule has 1 aliphatic heterocycles. The second-order valence-electron chi connectivity index (χ2n) is 7.72. The zero-order valence-corrected chi connectivity index (χ0v) is 16.9. The molecule has 2 N–H and O–H groups in total. The number of urea groups is 1. The molecular weight excluding hydrogens is 344 g/mol. The second kappa shape index (κ2) is 9.22. The Kier molecular flexibility index (Phi) is 7.25. The van der Waals surface area contributed by atoms with Crippen molar-refractivity contribution in [2.45, 2.75) is 71.4 Å². The van der Waals surface area contributed by atoms with Crippen molar-refractivity contribution in [2.75, 3.05) is 13.2 Å². The number of amides is 3. The summed E-state index contributed by atoms with van der Waals surface area (Å²) in [4.78, 5) is 26.0. The van der Waals surface area contributed by atoms with E-state index in [1.807, 2.05) is 32.0 Å². The zero-order valence-electron chi connectivity index (χ0n) is 16.9. The number of rotatable bonds is 10. The first-order valence-electron chi connectivity index (χ1n) is 9.79. The fourth-order valence-corrected chi connectivity index (χ4v) is 3.40. The van der Waals surface area contributed by atoms with Gasteiger partial charge in [-0.05, 0) is 38.8 Å². The quantitative estimate of drug-likeness (QED) is 0.485. The Balaban J connectivity index is 1.88. The molecule has 1 saturated heterocycles. The summed E-state index contributed by atoms with van der Waals surface area (Å²) in [5, 5.41) is 13.1. The van der Waals surface area contributed by atoms with Crippen LogP contribution in [0.25, 0.3) is 0 Å². The molecule has 6 heteroatoms. The average Bonchev–Trinajstić information content (AvgIpc) is 2.81. The summed E-state index contributed by atoms with van der Waals surface area (Å²) >= 11 is 0. The minimum absolute atomic E-state index is 0.0220. The predicted molar refractivity (Wildman–Crippen MR) is 105 cm³/mol. The smallest absolute Gasteiger partial charge is 0.325 e. The van der Waals surface area contributed by atoms with Gasteiger partial charge in [0.2, 0.25) is 0 Å². The number of ether oxygens (including phenoxy) is 1. The number of benzene rings is 1. The van der Waals surface area contributed by atoms with E-state index < -0.39 is 17.7 Å². The SMILES string of the molecule is CCCCCCC1(C)NC(=O)N(CC(O)COc2ccc(C)cc2C)C1=O. The fraction of sp³-hybridized carbons (Fsp3) is 0.619. The third-order valence-corrected chi connectivity index (χ3v) is 5.03. The summed E-state index contributed by atoms with van der Waals surface area (Å²) in [6, 6.07) is 5.36. The number of carbonyl (C=O) groups excluding carboxylic acids is 2. The molecular formula is C21H32N2O4. The number of imide groups is 1. The third-order valence-electron chi connectivity index (χ3n) is 5.03. The Morgan fingerprint density at radius 2 is 1.96 bits per heavy atom. The number of β-amino-alcohol motifs (C(OH)–C–C–N with tert-alkyl or cyclic N) is 1. The maximum Gasteiger partial charge on any atom is 0.325 e. The van der Waals surface area contributed by atoms with Crippen molar-refractivity contribution in [2.24, 2.45) is 0 Å². The highest BCUT2D eigenvalue weighted by Crippen LogP contribution is 2.24. The van der Waals surface area contributed by atoms with Gasteiger partial charge in [0.15, 0.2) is 0 Å². The van der Waals surface area contributed by atoms with Gasteiger partial charge in [0.25, 0.3) is 5.91 Å². The maximum absolute atomic E-state index is 12.7. The molecule has 0 saturated carbocycles. The number of nitrogens with zero attached hydrogens (tertiary/aromatic N) is 1. The van der Waals surface area contributed by atoms with E-state index >= 15 is 0 Å². The van der Waals surface area contributed by atoms with Gasteiger partial charge in [0.1, 0.15) is 24.0 Å². The highest BCUT2D eigenvalue weighted by atomic mass is 16.5. The lowest BCUT2D eigenvalue weighted by molar-refractivity contribution is -0.132. The van der Waals surface area contributed by atoms with Crippen molar-refractivity contribution < 1.29 is 19.4 Å². The number of unbranched alkanes of at least 4 members (excludes halogenated alkanes) is 3. The molecule has 2 atom stereocenters. The van der Waals surface area contributed by atoms with E-state index in [0.717, 1.165) is 41.7 Å².